The first-order chi connectivity index (χ1) is 8.49. The Morgan fingerprint density at radius 3 is 2.44 bits per heavy atom. The van der Waals surface area contributed by atoms with Gasteiger partial charge in [-0.15, -0.1) is 18.3 Å². The minimum Gasteiger partial charge on any atom is -0.406 e. The summed E-state index contributed by atoms with van der Waals surface area (Å²) >= 11 is 0. The molecule has 1 aromatic heterocycles. The quantitative estimate of drug-likeness (QED) is 0.890. The van der Waals surface area contributed by atoms with Crippen LogP contribution in [0.3, 0.4) is 0 Å². The largest absolute Gasteiger partial charge is 0.573 e. The minimum atomic E-state index is -4.71. The number of alkyl halides is 3. The van der Waals surface area contributed by atoms with Crippen LogP contribution in [0, 0.1) is 0 Å². The summed E-state index contributed by atoms with van der Waals surface area (Å²) in [4.78, 5) is 0. The van der Waals surface area contributed by atoms with Crippen molar-refractivity contribution in [2.75, 3.05) is 0 Å². The maximum absolute atomic E-state index is 12.0. The van der Waals surface area contributed by atoms with Crippen molar-refractivity contribution in [3.63, 3.8) is 0 Å². The Labute approximate surface area is 99.2 Å². The van der Waals surface area contributed by atoms with Crippen LogP contribution in [0.1, 0.15) is 5.82 Å². The van der Waals surface area contributed by atoms with E-state index in [1.54, 1.807) is 0 Å². The highest BCUT2D eigenvalue weighted by Gasteiger charge is 2.30. The molecule has 0 bridgehead atoms. The lowest BCUT2D eigenvalue weighted by molar-refractivity contribution is -0.274. The first kappa shape index (κ1) is 12.3. The Morgan fingerprint density at radius 2 is 1.89 bits per heavy atom. The Bertz CT molecular complexity index is 522. The molecule has 0 saturated carbocycles. The Hall–Kier alpha value is -2.16. The van der Waals surface area contributed by atoms with Crippen molar-refractivity contribution < 1.29 is 17.9 Å². The third kappa shape index (κ3) is 2.74. The summed E-state index contributed by atoms with van der Waals surface area (Å²) in [5.74, 6) is 0.0908. The fourth-order valence-corrected chi connectivity index (χ4v) is 1.32. The molecule has 0 aliphatic carbocycles. The Balaban J connectivity index is 2.23. The summed E-state index contributed by atoms with van der Waals surface area (Å²) in [6.45, 7) is 0.119. The second-order valence-corrected chi connectivity index (χ2v) is 3.25. The van der Waals surface area contributed by atoms with E-state index in [-0.39, 0.29) is 12.3 Å². The number of rotatable bonds is 3. The van der Waals surface area contributed by atoms with Gasteiger partial charge in [0.05, 0.1) is 12.2 Å². The number of nitrogens with two attached hydrogens (primary N) is 1. The summed E-state index contributed by atoms with van der Waals surface area (Å²) in [6.07, 6.45) is -4.71. The number of aromatic nitrogens is 4. The van der Waals surface area contributed by atoms with Gasteiger partial charge in [0.1, 0.15) is 5.75 Å². The minimum absolute atomic E-state index is 0.119. The SMILES string of the molecule is NCc1nnnn1-c1ccc(OC(F)(F)F)cc1. The molecule has 0 amide bonds. The van der Waals surface area contributed by atoms with Crippen molar-refractivity contribution in [3.8, 4) is 11.4 Å². The summed E-state index contributed by atoms with van der Waals surface area (Å²) in [5.41, 5.74) is 5.90. The first-order valence-corrected chi connectivity index (χ1v) is 4.83. The highest BCUT2D eigenvalue weighted by molar-refractivity contribution is 5.37. The molecule has 2 rings (SSSR count). The van der Waals surface area contributed by atoms with E-state index in [1.807, 2.05) is 0 Å². The van der Waals surface area contributed by atoms with E-state index in [0.29, 0.717) is 11.5 Å². The van der Waals surface area contributed by atoms with Crippen LogP contribution >= 0.6 is 0 Å². The number of hydrogen-bond acceptors (Lipinski definition) is 5. The van der Waals surface area contributed by atoms with Gasteiger partial charge in [-0.1, -0.05) is 0 Å². The maximum Gasteiger partial charge on any atom is 0.573 e. The van der Waals surface area contributed by atoms with E-state index in [9.17, 15) is 13.2 Å². The third-order valence-electron chi connectivity index (χ3n) is 2.03. The molecule has 0 saturated heterocycles. The third-order valence-corrected chi connectivity index (χ3v) is 2.03. The van der Waals surface area contributed by atoms with Crippen LogP contribution in [0.2, 0.25) is 0 Å². The molecule has 0 atom stereocenters. The van der Waals surface area contributed by atoms with E-state index < -0.39 is 6.36 Å². The number of ether oxygens (including phenoxy) is 1. The molecule has 9 heteroatoms. The highest BCUT2D eigenvalue weighted by atomic mass is 19.4. The van der Waals surface area contributed by atoms with Gasteiger partial charge in [0, 0.05) is 0 Å². The standard InChI is InChI=1S/C9H8F3N5O/c10-9(11,12)18-7-3-1-6(2-4-7)17-8(5-13)14-15-16-17/h1-4H,5,13H2. The normalized spacial score (nSPS) is 11.6. The summed E-state index contributed by atoms with van der Waals surface area (Å²) in [7, 11) is 0. The lowest BCUT2D eigenvalue weighted by atomic mass is 10.3. The molecule has 1 aromatic carbocycles. The average Bonchev–Trinajstić information content (AvgIpc) is 2.76. The smallest absolute Gasteiger partial charge is 0.406 e. The van der Waals surface area contributed by atoms with Crippen molar-refractivity contribution in [1.82, 2.24) is 20.2 Å². The van der Waals surface area contributed by atoms with Gasteiger partial charge in [-0.2, -0.15) is 4.68 Å². The maximum atomic E-state index is 12.0. The van der Waals surface area contributed by atoms with Crippen LogP contribution in [0.15, 0.2) is 24.3 Å². The van der Waals surface area contributed by atoms with Crippen molar-refractivity contribution in [1.29, 1.82) is 0 Å². The van der Waals surface area contributed by atoms with Crippen LogP contribution in [0.5, 0.6) is 5.75 Å². The Morgan fingerprint density at radius 1 is 1.22 bits per heavy atom. The van der Waals surface area contributed by atoms with E-state index in [1.165, 1.54) is 28.9 Å². The average molecular weight is 259 g/mol. The van der Waals surface area contributed by atoms with E-state index in [0.717, 1.165) is 0 Å². The zero-order valence-corrected chi connectivity index (χ0v) is 8.92. The van der Waals surface area contributed by atoms with Gasteiger partial charge in [-0.25, -0.2) is 0 Å². The van der Waals surface area contributed by atoms with Crippen molar-refractivity contribution in [3.05, 3.63) is 30.1 Å². The Kier molecular flexibility index (Phi) is 3.15. The molecule has 2 aromatic rings. The molecule has 0 aliphatic rings. The van der Waals surface area contributed by atoms with E-state index in [2.05, 4.69) is 20.3 Å². The fourth-order valence-electron chi connectivity index (χ4n) is 1.32. The van der Waals surface area contributed by atoms with Gasteiger partial charge in [-0.3, -0.25) is 0 Å². The summed E-state index contributed by atoms with van der Waals surface area (Å²) < 4.78 is 40.9. The van der Waals surface area contributed by atoms with E-state index >= 15 is 0 Å². The molecule has 0 fully saturated rings. The molecule has 2 N–H and O–H groups in total. The summed E-state index contributed by atoms with van der Waals surface area (Å²) in [5, 5.41) is 10.8. The molecule has 0 unspecified atom stereocenters. The zero-order valence-electron chi connectivity index (χ0n) is 8.92. The second-order valence-electron chi connectivity index (χ2n) is 3.25. The van der Waals surface area contributed by atoms with Crippen LogP contribution in [0.4, 0.5) is 13.2 Å². The predicted molar refractivity (Wildman–Crippen MR) is 53.7 cm³/mol. The number of tetrazole rings is 1. The molecule has 0 aliphatic heterocycles. The monoisotopic (exact) mass is 259 g/mol. The molecule has 0 spiro atoms. The van der Waals surface area contributed by atoms with Crippen molar-refractivity contribution in [2.24, 2.45) is 5.73 Å². The summed E-state index contributed by atoms with van der Waals surface area (Å²) in [6, 6.07) is 5.14. The number of hydrogen-bond donors (Lipinski definition) is 1. The van der Waals surface area contributed by atoms with Crippen LogP contribution in [0.25, 0.3) is 5.69 Å². The molecule has 1 heterocycles. The van der Waals surface area contributed by atoms with Crippen molar-refractivity contribution >= 4 is 0 Å². The van der Waals surface area contributed by atoms with Gasteiger partial charge in [0.25, 0.3) is 0 Å². The predicted octanol–water partition coefficient (Wildman–Crippen LogP) is 1.02. The molecule has 0 radical (unpaired) electrons. The number of benzene rings is 1. The molecular weight excluding hydrogens is 251 g/mol. The lowest BCUT2D eigenvalue weighted by Crippen LogP contribution is -2.17. The zero-order chi connectivity index (χ0) is 13.2. The molecular formula is C9H8F3N5O. The lowest BCUT2D eigenvalue weighted by Gasteiger charge is -2.09. The van der Waals surface area contributed by atoms with Crippen molar-refractivity contribution in [2.45, 2.75) is 12.9 Å². The topological polar surface area (TPSA) is 78.9 Å². The first-order valence-electron chi connectivity index (χ1n) is 4.83. The van der Waals surface area contributed by atoms with Gasteiger partial charge in [-0.05, 0) is 34.7 Å². The fraction of sp³-hybridized carbons (Fsp3) is 0.222. The van der Waals surface area contributed by atoms with Gasteiger partial charge < -0.3 is 10.5 Å². The number of nitrogens with zero attached hydrogens (tertiary/aromatic N) is 4. The van der Waals surface area contributed by atoms with Gasteiger partial charge in [0.15, 0.2) is 5.82 Å². The number of halogens is 3. The highest BCUT2D eigenvalue weighted by Crippen LogP contribution is 2.23. The van der Waals surface area contributed by atoms with E-state index in [4.69, 9.17) is 5.73 Å². The second kappa shape index (κ2) is 4.61. The molecule has 96 valence electrons. The van der Waals surface area contributed by atoms with Gasteiger partial charge >= 0.3 is 6.36 Å². The van der Waals surface area contributed by atoms with Crippen LogP contribution in [-0.4, -0.2) is 26.6 Å². The van der Waals surface area contributed by atoms with Gasteiger partial charge in [0.2, 0.25) is 0 Å². The molecule has 18 heavy (non-hydrogen) atoms. The molecule has 6 nitrogen and oxygen atoms in total. The van der Waals surface area contributed by atoms with Crippen LogP contribution < -0.4 is 10.5 Å². The van der Waals surface area contributed by atoms with Crippen LogP contribution in [-0.2, 0) is 6.54 Å².